The van der Waals surface area contributed by atoms with Gasteiger partial charge in [0.15, 0.2) is 0 Å². The number of para-hydroxylation sites is 1. The molecule has 0 radical (unpaired) electrons. The van der Waals surface area contributed by atoms with Gasteiger partial charge in [0, 0.05) is 18.2 Å². The van der Waals surface area contributed by atoms with Gasteiger partial charge in [0.1, 0.15) is 11.8 Å². The largest absolute Gasteiger partial charge is 0.496 e. The Hall–Kier alpha value is -2.06. The van der Waals surface area contributed by atoms with E-state index in [-0.39, 0.29) is 11.8 Å². The predicted molar refractivity (Wildman–Crippen MR) is 96.0 cm³/mol. The Morgan fingerprint density at radius 2 is 2.04 bits per heavy atom. The normalized spacial score (nSPS) is 23.0. The van der Waals surface area contributed by atoms with Gasteiger partial charge in [-0.15, -0.1) is 0 Å². The summed E-state index contributed by atoms with van der Waals surface area (Å²) in [5, 5.41) is 12.4. The van der Waals surface area contributed by atoms with Crippen molar-refractivity contribution in [1.29, 1.82) is 5.26 Å². The van der Waals surface area contributed by atoms with Gasteiger partial charge in [0.25, 0.3) is 0 Å². The van der Waals surface area contributed by atoms with Gasteiger partial charge in [-0.1, -0.05) is 37.5 Å². The monoisotopic (exact) mass is 341 g/mol. The minimum atomic E-state index is -0.674. The maximum atomic E-state index is 12.7. The third-order valence-corrected chi connectivity index (χ3v) is 5.55. The molecule has 2 fully saturated rings. The van der Waals surface area contributed by atoms with Gasteiger partial charge in [0.2, 0.25) is 5.91 Å². The topological polar surface area (TPSA) is 65.4 Å². The molecule has 1 saturated heterocycles. The molecule has 1 aromatic rings. The van der Waals surface area contributed by atoms with Crippen molar-refractivity contribution in [1.82, 2.24) is 10.2 Å². The van der Waals surface area contributed by atoms with Crippen molar-refractivity contribution >= 4 is 5.91 Å². The van der Waals surface area contributed by atoms with E-state index in [0.29, 0.717) is 17.4 Å². The van der Waals surface area contributed by atoms with Crippen molar-refractivity contribution in [3.63, 3.8) is 0 Å². The van der Waals surface area contributed by atoms with E-state index in [1.807, 2.05) is 24.3 Å². The summed E-state index contributed by atoms with van der Waals surface area (Å²) in [5.41, 5.74) is 0.711. The highest BCUT2D eigenvalue weighted by Gasteiger charge is 2.33. The van der Waals surface area contributed by atoms with Crippen LogP contribution in [-0.2, 0) is 4.79 Å². The molecule has 1 N–H and O–H groups in total. The fourth-order valence-electron chi connectivity index (χ4n) is 4.12. The van der Waals surface area contributed by atoms with E-state index in [2.05, 4.69) is 16.3 Å². The van der Waals surface area contributed by atoms with Crippen LogP contribution in [0.5, 0.6) is 5.75 Å². The summed E-state index contributed by atoms with van der Waals surface area (Å²) in [5.74, 6) is 0.591. The molecule has 1 aliphatic carbocycles. The molecule has 3 rings (SSSR count). The first-order valence-corrected chi connectivity index (χ1v) is 9.30. The molecule has 1 saturated carbocycles. The van der Waals surface area contributed by atoms with Crippen LogP contribution in [0.1, 0.15) is 50.1 Å². The van der Waals surface area contributed by atoms with Crippen LogP contribution in [0, 0.1) is 17.2 Å². The molecule has 0 bridgehead atoms. The number of carbonyl (C=O) groups excluding carboxylic acids is 1. The molecule has 0 unspecified atom stereocenters. The predicted octanol–water partition coefficient (Wildman–Crippen LogP) is 3.03. The third kappa shape index (κ3) is 4.13. The fraction of sp³-hybridized carbons (Fsp3) is 0.600. The highest BCUT2D eigenvalue weighted by atomic mass is 16.5. The first-order valence-electron chi connectivity index (χ1n) is 9.30. The van der Waals surface area contributed by atoms with Crippen LogP contribution in [-0.4, -0.2) is 37.0 Å². The lowest BCUT2D eigenvalue weighted by Gasteiger charge is -2.31. The zero-order valence-corrected chi connectivity index (χ0v) is 14.9. The maximum Gasteiger partial charge on any atom is 0.225 e. The molecule has 5 heteroatoms. The van der Waals surface area contributed by atoms with Gasteiger partial charge < -0.3 is 10.1 Å². The lowest BCUT2D eigenvalue weighted by molar-refractivity contribution is -0.125. The first kappa shape index (κ1) is 17.8. The number of hydrogen-bond acceptors (Lipinski definition) is 4. The van der Waals surface area contributed by atoms with Crippen molar-refractivity contribution < 1.29 is 9.53 Å². The SMILES string of the molecule is COc1ccccc1[C@H](C#N)NC(=O)[C@H]1CCN(C2CCCCC2)C1. The molecule has 25 heavy (non-hydrogen) atoms. The van der Waals surface area contributed by atoms with Gasteiger partial charge >= 0.3 is 0 Å². The number of likely N-dealkylation sites (tertiary alicyclic amines) is 1. The van der Waals surface area contributed by atoms with E-state index in [9.17, 15) is 10.1 Å². The van der Waals surface area contributed by atoms with Crippen LogP contribution in [0.3, 0.4) is 0 Å². The standard InChI is InChI=1S/C20H27N3O2/c1-25-19-10-6-5-9-17(19)18(13-21)22-20(24)15-11-12-23(14-15)16-7-3-2-4-8-16/h5-6,9-10,15-16,18H,2-4,7-8,11-12,14H2,1H3,(H,22,24)/t15-,18-/m0/s1. The van der Waals surface area contributed by atoms with E-state index in [1.165, 1.54) is 32.1 Å². The van der Waals surface area contributed by atoms with Crippen LogP contribution in [0.4, 0.5) is 0 Å². The average molecular weight is 341 g/mol. The van der Waals surface area contributed by atoms with E-state index in [4.69, 9.17) is 4.74 Å². The summed E-state index contributed by atoms with van der Waals surface area (Å²) < 4.78 is 5.32. The van der Waals surface area contributed by atoms with Gasteiger partial charge in [-0.2, -0.15) is 5.26 Å². The van der Waals surface area contributed by atoms with E-state index in [0.717, 1.165) is 19.5 Å². The summed E-state index contributed by atoms with van der Waals surface area (Å²) in [7, 11) is 1.58. The number of benzene rings is 1. The van der Waals surface area contributed by atoms with Gasteiger partial charge in [-0.3, -0.25) is 9.69 Å². The number of methoxy groups -OCH3 is 1. The van der Waals surface area contributed by atoms with Crippen LogP contribution < -0.4 is 10.1 Å². The molecular formula is C20H27N3O2. The Bertz CT molecular complexity index is 634. The number of amides is 1. The summed E-state index contributed by atoms with van der Waals surface area (Å²) in [4.78, 5) is 15.2. The second-order valence-electron chi connectivity index (χ2n) is 7.09. The van der Waals surface area contributed by atoms with E-state index in [1.54, 1.807) is 7.11 Å². The first-order chi connectivity index (χ1) is 12.2. The molecule has 1 aromatic carbocycles. The summed E-state index contributed by atoms with van der Waals surface area (Å²) in [6.45, 7) is 1.81. The Morgan fingerprint density at radius 1 is 1.28 bits per heavy atom. The van der Waals surface area contributed by atoms with Gasteiger partial charge in [-0.05, 0) is 31.9 Å². The molecule has 2 atom stereocenters. The highest BCUT2D eigenvalue weighted by Crippen LogP contribution is 2.29. The Balaban J connectivity index is 1.60. The quantitative estimate of drug-likeness (QED) is 0.894. The molecule has 1 aliphatic heterocycles. The van der Waals surface area contributed by atoms with E-state index < -0.39 is 6.04 Å². The van der Waals surface area contributed by atoms with Crippen molar-refractivity contribution in [3.8, 4) is 11.8 Å². The molecule has 5 nitrogen and oxygen atoms in total. The average Bonchev–Trinajstić information content (AvgIpc) is 3.17. The van der Waals surface area contributed by atoms with Gasteiger partial charge in [-0.25, -0.2) is 0 Å². The van der Waals surface area contributed by atoms with Crippen molar-refractivity contribution in [2.24, 2.45) is 5.92 Å². The summed E-state index contributed by atoms with van der Waals surface area (Å²) >= 11 is 0. The lowest BCUT2D eigenvalue weighted by atomic mass is 9.94. The fourth-order valence-corrected chi connectivity index (χ4v) is 4.12. The number of nitrogens with zero attached hydrogens (tertiary/aromatic N) is 2. The van der Waals surface area contributed by atoms with Crippen molar-refractivity contribution in [3.05, 3.63) is 29.8 Å². The number of carbonyl (C=O) groups is 1. The molecule has 0 spiro atoms. The van der Waals surface area contributed by atoms with Gasteiger partial charge in [0.05, 0.1) is 19.1 Å². The molecule has 134 valence electrons. The number of nitrogens with one attached hydrogen (secondary N) is 1. The maximum absolute atomic E-state index is 12.7. The van der Waals surface area contributed by atoms with Crippen LogP contribution in [0.2, 0.25) is 0 Å². The molecule has 1 amide bonds. The Labute approximate surface area is 150 Å². The van der Waals surface area contributed by atoms with Crippen molar-refractivity contribution in [2.75, 3.05) is 20.2 Å². The second kappa shape index (κ2) is 8.35. The van der Waals surface area contributed by atoms with Crippen LogP contribution >= 0.6 is 0 Å². The molecule has 0 aromatic heterocycles. The number of nitriles is 1. The number of ether oxygens (including phenoxy) is 1. The summed E-state index contributed by atoms with van der Waals surface area (Å²) in [6.07, 6.45) is 7.36. The number of rotatable bonds is 5. The second-order valence-corrected chi connectivity index (χ2v) is 7.09. The van der Waals surface area contributed by atoms with Crippen LogP contribution in [0.15, 0.2) is 24.3 Å². The zero-order valence-electron chi connectivity index (χ0n) is 14.9. The molecule has 1 heterocycles. The molecular weight excluding hydrogens is 314 g/mol. The summed E-state index contributed by atoms with van der Waals surface area (Å²) in [6, 6.07) is 9.52. The minimum absolute atomic E-state index is 0.0178. The Morgan fingerprint density at radius 3 is 2.76 bits per heavy atom. The highest BCUT2D eigenvalue weighted by molar-refractivity contribution is 5.80. The van der Waals surface area contributed by atoms with Crippen LogP contribution in [0.25, 0.3) is 0 Å². The third-order valence-electron chi connectivity index (χ3n) is 5.55. The van der Waals surface area contributed by atoms with E-state index >= 15 is 0 Å². The Kier molecular flexibility index (Phi) is 5.93. The molecule has 2 aliphatic rings. The number of hydrogen-bond donors (Lipinski definition) is 1. The lowest BCUT2D eigenvalue weighted by Crippen LogP contribution is -2.38. The minimum Gasteiger partial charge on any atom is -0.496 e. The zero-order chi connectivity index (χ0) is 17.6. The van der Waals surface area contributed by atoms with Crippen molar-refractivity contribution in [2.45, 2.75) is 50.6 Å². The smallest absolute Gasteiger partial charge is 0.225 e.